The Bertz CT molecular complexity index is 749. The largest absolute Gasteiger partial charge is 0.392 e. The van der Waals surface area contributed by atoms with Gasteiger partial charge in [-0.3, -0.25) is 4.72 Å². The topological polar surface area (TPSA) is 66.4 Å². The zero-order valence-corrected chi connectivity index (χ0v) is 14.1. The molecular formula is C15H16BrNO3S. The van der Waals surface area contributed by atoms with Crippen LogP contribution in [0.25, 0.3) is 0 Å². The van der Waals surface area contributed by atoms with Crippen LogP contribution in [0.3, 0.4) is 0 Å². The lowest BCUT2D eigenvalue weighted by Gasteiger charge is -2.15. The molecule has 0 aliphatic carbocycles. The van der Waals surface area contributed by atoms with E-state index < -0.39 is 10.0 Å². The van der Waals surface area contributed by atoms with Crippen molar-refractivity contribution in [3.05, 3.63) is 57.6 Å². The monoisotopic (exact) mass is 369 g/mol. The molecule has 2 aromatic rings. The normalized spacial score (nSPS) is 11.4. The van der Waals surface area contributed by atoms with Gasteiger partial charge in [0.05, 0.1) is 17.2 Å². The third-order valence-electron chi connectivity index (χ3n) is 3.10. The molecule has 0 atom stereocenters. The van der Waals surface area contributed by atoms with E-state index in [-0.39, 0.29) is 11.5 Å². The quantitative estimate of drug-likeness (QED) is 0.867. The fraction of sp³-hybridized carbons (Fsp3) is 0.200. The highest BCUT2D eigenvalue weighted by Gasteiger charge is 2.20. The molecule has 0 aliphatic rings. The second-order valence-electron chi connectivity index (χ2n) is 4.81. The van der Waals surface area contributed by atoms with Gasteiger partial charge >= 0.3 is 0 Å². The second kappa shape index (κ2) is 6.17. The van der Waals surface area contributed by atoms with Crippen molar-refractivity contribution in [2.75, 3.05) is 4.72 Å². The molecule has 0 saturated heterocycles. The fourth-order valence-electron chi connectivity index (χ4n) is 2.13. The summed E-state index contributed by atoms with van der Waals surface area (Å²) in [6, 6.07) is 10.1. The summed E-state index contributed by atoms with van der Waals surface area (Å²) in [5.74, 6) is 0. The molecule has 0 amide bonds. The molecule has 0 radical (unpaired) electrons. The zero-order valence-electron chi connectivity index (χ0n) is 11.7. The number of benzene rings is 2. The molecule has 0 heterocycles. The van der Waals surface area contributed by atoms with Crippen molar-refractivity contribution >= 4 is 31.6 Å². The molecular weight excluding hydrogens is 354 g/mol. The summed E-state index contributed by atoms with van der Waals surface area (Å²) < 4.78 is 28.3. The minimum atomic E-state index is -3.75. The average Bonchev–Trinajstić information content (AvgIpc) is 2.43. The van der Waals surface area contributed by atoms with Gasteiger partial charge in [-0.25, -0.2) is 8.42 Å². The van der Waals surface area contributed by atoms with Gasteiger partial charge in [-0.1, -0.05) is 24.3 Å². The summed E-state index contributed by atoms with van der Waals surface area (Å²) in [7, 11) is -3.75. The molecule has 0 aliphatic heterocycles. The fourth-order valence-corrected chi connectivity index (χ4v) is 4.42. The van der Waals surface area contributed by atoms with E-state index >= 15 is 0 Å². The van der Waals surface area contributed by atoms with Crippen molar-refractivity contribution < 1.29 is 13.5 Å². The van der Waals surface area contributed by atoms with Gasteiger partial charge in [0.1, 0.15) is 0 Å². The number of nitrogens with one attached hydrogen (secondary N) is 1. The number of rotatable bonds is 4. The van der Waals surface area contributed by atoms with E-state index in [1.165, 1.54) is 6.07 Å². The van der Waals surface area contributed by atoms with Gasteiger partial charge in [0, 0.05) is 4.47 Å². The number of aliphatic hydroxyl groups excluding tert-OH is 1. The third kappa shape index (κ3) is 3.45. The highest BCUT2D eigenvalue weighted by atomic mass is 79.9. The average molecular weight is 370 g/mol. The predicted octanol–water partition coefficient (Wildman–Crippen LogP) is 3.36. The van der Waals surface area contributed by atoms with Gasteiger partial charge in [0.15, 0.2) is 0 Å². The lowest BCUT2D eigenvalue weighted by molar-refractivity contribution is 0.278. The first-order valence-electron chi connectivity index (χ1n) is 6.33. The van der Waals surface area contributed by atoms with E-state index in [2.05, 4.69) is 20.7 Å². The first kappa shape index (κ1) is 16.0. The molecule has 0 unspecified atom stereocenters. The number of anilines is 1. The van der Waals surface area contributed by atoms with E-state index in [0.29, 0.717) is 15.7 Å². The van der Waals surface area contributed by atoms with Crippen LogP contribution in [0.1, 0.15) is 16.7 Å². The van der Waals surface area contributed by atoms with Gasteiger partial charge in [0.2, 0.25) is 0 Å². The molecule has 0 saturated carbocycles. The van der Waals surface area contributed by atoms with Crippen LogP contribution >= 0.6 is 15.9 Å². The summed E-state index contributed by atoms with van der Waals surface area (Å²) in [5, 5.41) is 9.29. The van der Waals surface area contributed by atoms with Crippen molar-refractivity contribution in [3.63, 3.8) is 0 Å². The smallest absolute Gasteiger partial charge is 0.262 e. The maximum Gasteiger partial charge on any atom is 0.262 e. The van der Waals surface area contributed by atoms with Crippen molar-refractivity contribution in [2.45, 2.75) is 25.3 Å². The Hall–Kier alpha value is -1.37. The van der Waals surface area contributed by atoms with Crippen molar-refractivity contribution in [1.29, 1.82) is 0 Å². The first-order valence-corrected chi connectivity index (χ1v) is 8.61. The zero-order chi connectivity index (χ0) is 15.6. The van der Waals surface area contributed by atoms with Gasteiger partial charge in [-0.05, 0) is 58.6 Å². The molecule has 2 N–H and O–H groups in total. The standard InChI is InChI=1S/C15H16BrNO3S/c1-10-7-11(2)15(13(16)8-10)17-21(19,20)14-6-4-3-5-12(14)9-18/h3-8,17-18H,9H2,1-2H3. The Morgan fingerprint density at radius 1 is 1.19 bits per heavy atom. The van der Waals surface area contributed by atoms with Crippen LogP contribution in [-0.4, -0.2) is 13.5 Å². The molecule has 2 aromatic carbocycles. The van der Waals surface area contributed by atoms with Crippen LogP contribution in [0.5, 0.6) is 0 Å². The maximum atomic E-state index is 12.5. The molecule has 0 aromatic heterocycles. The molecule has 6 heteroatoms. The van der Waals surface area contributed by atoms with Crippen LogP contribution in [-0.2, 0) is 16.6 Å². The number of aryl methyl sites for hydroxylation is 2. The summed E-state index contributed by atoms with van der Waals surface area (Å²) in [4.78, 5) is 0.0828. The van der Waals surface area contributed by atoms with E-state index in [0.717, 1.165) is 11.1 Å². The van der Waals surface area contributed by atoms with Gasteiger partial charge in [-0.2, -0.15) is 0 Å². The Morgan fingerprint density at radius 2 is 1.86 bits per heavy atom. The molecule has 4 nitrogen and oxygen atoms in total. The number of halogens is 1. The summed E-state index contributed by atoms with van der Waals surface area (Å²) in [6.45, 7) is 3.45. The first-order chi connectivity index (χ1) is 9.85. The van der Waals surface area contributed by atoms with Gasteiger partial charge < -0.3 is 5.11 Å². The lowest BCUT2D eigenvalue weighted by atomic mass is 10.1. The molecule has 112 valence electrons. The third-order valence-corrected chi connectivity index (χ3v) is 5.18. The van der Waals surface area contributed by atoms with Crippen molar-refractivity contribution in [1.82, 2.24) is 0 Å². The van der Waals surface area contributed by atoms with E-state index in [1.54, 1.807) is 18.2 Å². The predicted molar refractivity (Wildman–Crippen MR) is 86.8 cm³/mol. The molecule has 0 fully saturated rings. The number of aliphatic hydroxyl groups is 1. The number of hydrogen-bond donors (Lipinski definition) is 2. The summed E-state index contributed by atoms with van der Waals surface area (Å²) >= 11 is 3.38. The Balaban J connectivity index is 2.48. The number of sulfonamides is 1. The lowest BCUT2D eigenvalue weighted by Crippen LogP contribution is -2.16. The Labute approximate surface area is 133 Å². The molecule has 0 bridgehead atoms. The van der Waals surface area contributed by atoms with E-state index in [9.17, 15) is 13.5 Å². The minimum absolute atomic E-state index is 0.0828. The Morgan fingerprint density at radius 3 is 2.48 bits per heavy atom. The molecule has 21 heavy (non-hydrogen) atoms. The van der Waals surface area contributed by atoms with Crippen LogP contribution < -0.4 is 4.72 Å². The van der Waals surface area contributed by atoms with Crippen LogP contribution in [0.2, 0.25) is 0 Å². The van der Waals surface area contributed by atoms with Gasteiger partial charge in [0.25, 0.3) is 10.0 Å². The maximum absolute atomic E-state index is 12.5. The molecule has 2 rings (SSSR count). The SMILES string of the molecule is Cc1cc(C)c(NS(=O)(=O)c2ccccc2CO)c(Br)c1. The summed E-state index contributed by atoms with van der Waals surface area (Å²) in [6.07, 6.45) is 0. The Kier molecular flexibility index (Phi) is 4.70. The highest BCUT2D eigenvalue weighted by Crippen LogP contribution is 2.30. The molecule has 0 spiro atoms. The van der Waals surface area contributed by atoms with Crippen LogP contribution in [0, 0.1) is 13.8 Å². The second-order valence-corrected chi connectivity index (χ2v) is 7.32. The van der Waals surface area contributed by atoms with E-state index in [4.69, 9.17) is 0 Å². The number of hydrogen-bond acceptors (Lipinski definition) is 3. The van der Waals surface area contributed by atoms with Gasteiger partial charge in [-0.15, -0.1) is 0 Å². The van der Waals surface area contributed by atoms with E-state index in [1.807, 2.05) is 26.0 Å². The summed E-state index contributed by atoms with van der Waals surface area (Å²) in [5.41, 5.74) is 2.74. The van der Waals surface area contributed by atoms with Crippen molar-refractivity contribution in [2.24, 2.45) is 0 Å². The highest BCUT2D eigenvalue weighted by molar-refractivity contribution is 9.10. The minimum Gasteiger partial charge on any atom is -0.392 e. The van der Waals surface area contributed by atoms with Crippen molar-refractivity contribution in [3.8, 4) is 0 Å². The van der Waals surface area contributed by atoms with Crippen LogP contribution in [0.15, 0.2) is 45.8 Å². The van der Waals surface area contributed by atoms with Crippen LogP contribution in [0.4, 0.5) is 5.69 Å².